The number of amides is 6. The van der Waals surface area contributed by atoms with E-state index in [-0.39, 0.29) is 37.6 Å². The number of aromatic amines is 1. The van der Waals surface area contributed by atoms with Crippen molar-refractivity contribution in [1.82, 2.24) is 31.2 Å². The molecule has 3 heterocycles. The zero-order valence-corrected chi connectivity index (χ0v) is 27.9. The van der Waals surface area contributed by atoms with E-state index >= 15 is 0 Å². The van der Waals surface area contributed by atoms with Gasteiger partial charge in [-0.15, -0.1) is 0 Å². The molecule has 5 atom stereocenters. The number of benzene rings is 2. The molecule has 7 N–H and O–H groups in total. The molecule has 0 bridgehead atoms. The van der Waals surface area contributed by atoms with Gasteiger partial charge in [0.25, 0.3) is 0 Å². The van der Waals surface area contributed by atoms with Crippen molar-refractivity contribution in [2.75, 3.05) is 6.54 Å². The van der Waals surface area contributed by atoms with Crippen molar-refractivity contribution < 1.29 is 28.8 Å². The highest BCUT2D eigenvalue weighted by atomic mass is 16.2. The summed E-state index contributed by atoms with van der Waals surface area (Å²) < 4.78 is 0. The smallest absolute Gasteiger partial charge is 0.246 e. The van der Waals surface area contributed by atoms with Gasteiger partial charge < -0.3 is 36.9 Å². The normalized spacial score (nSPS) is 19.2. The number of hydrogen-bond donors (Lipinski definition) is 6. The van der Waals surface area contributed by atoms with E-state index in [1.165, 1.54) is 4.90 Å². The van der Waals surface area contributed by atoms with E-state index in [1.807, 2.05) is 68.4 Å². The summed E-state index contributed by atoms with van der Waals surface area (Å²) in [7, 11) is 0. The Morgan fingerprint density at radius 3 is 2.29 bits per heavy atom. The quantitative estimate of drug-likeness (QED) is 0.149. The van der Waals surface area contributed by atoms with Crippen LogP contribution >= 0.6 is 0 Å². The predicted molar refractivity (Wildman–Crippen MR) is 182 cm³/mol. The van der Waals surface area contributed by atoms with Gasteiger partial charge in [-0.25, -0.2) is 0 Å². The fourth-order valence-corrected chi connectivity index (χ4v) is 6.62. The van der Waals surface area contributed by atoms with E-state index in [1.54, 1.807) is 6.20 Å². The van der Waals surface area contributed by atoms with E-state index in [0.29, 0.717) is 25.7 Å². The van der Waals surface area contributed by atoms with E-state index < -0.39 is 59.7 Å². The molecular formula is C36H45N7O6. The molecule has 3 aromatic rings. The van der Waals surface area contributed by atoms with Crippen LogP contribution in [0.1, 0.15) is 57.1 Å². The molecule has 2 aliphatic heterocycles. The minimum absolute atomic E-state index is 0.0757. The molecule has 1 aromatic heterocycles. The lowest BCUT2D eigenvalue weighted by Crippen LogP contribution is -2.59. The van der Waals surface area contributed by atoms with Crippen LogP contribution in [-0.2, 0) is 41.6 Å². The Kier molecular flexibility index (Phi) is 11.3. The fourth-order valence-electron chi connectivity index (χ4n) is 6.62. The Hall–Kier alpha value is -5.20. The third kappa shape index (κ3) is 8.84. The molecule has 49 heavy (non-hydrogen) atoms. The van der Waals surface area contributed by atoms with Gasteiger partial charge in [0.2, 0.25) is 35.4 Å². The predicted octanol–water partition coefficient (Wildman–Crippen LogP) is 1.21. The number of H-pyrrole nitrogens is 1. The van der Waals surface area contributed by atoms with Crippen LogP contribution in [0.4, 0.5) is 0 Å². The summed E-state index contributed by atoms with van der Waals surface area (Å²) in [5, 5.41) is 12.0. The van der Waals surface area contributed by atoms with Crippen LogP contribution in [0.3, 0.4) is 0 Å². The first-order chi connectivity index (χ1) is 23.5. The third-order valence-corrected chi connectivity index (χ3v) is 9.15. The largest absolute Gasteiger partial charge is 0.368 e. The molecule has 2 saturated heterocycles. The van der Waals surface area contributed by atoms with Crippen LogP contribution in [-0.4, -0.2) is 82.1 Å². The van der Waals surface area contributed by atoms with Crippen LogP contribution < -0.4 is 27.0 Å². The van der Waals surface area contributed by atoms with Crippen molar-refractivity contribution in [1.29, 1.82) is 0 Å². The molecule has 2 aliphatic rings. The number of aromatic nitrogens is 1. The summed E-state index contributed by atoms with van der Waals surface area (Å²) in [6.07, 6.45) is 3.90. The van der Waals surface area contributed by atoms with Crippen LogP contribution in [0.2, 0.25) is 0 Å². The maximum atomic E-state index is 14.1. The Labute approximate surface area is 285 Å². The Balaban J connectivity index is 1.36. The van der Waals surface area contributed by atoms with Gasteiger partial charge in [-0.2, -0.15) is 0 Å². The number of hydrogen-bond acceptors (Lipinski definition) is 6. The monoisotopic (exact) mass is 671 g/mol. The third-order valence-electron chi connectivity index (χ3n) is 9.15. The SMILES string of the molecule is CC(C)CC(NC(=O)C(Cc1c[nH]c2ccccc12)NC(=O)C1CCCN1C(=O)C(Cc1ccccc1)NC(=O)C1CCC(=O)N1)C(N)=O. The van der Waals surface area contributed by atoms with Crippen molar-refractivity contribution in [3.8, 4) is 0 Å². The van der Waals surface area contributed by atoms with Gasteiger partial charge in [0.1, 0.15) is 30.2 Å². The molecule has 0 radical (unpaired) electrons. The van der Waals surface area contributed by atoms with Crippen LogP contribution in [0, 0.1) is 5.92 Å². The van der Waals surface area contributed by atoms with Gasteiger partial charge in [-0.05, 0) is 48.8 Å². The van der Waals surface area contributed by atoms with Gasteiger partial charge in [0.05, 0.1) is 0 Å². The lowest BCUT2D eigenvalue weighted by atomic mass is 10.0. The molecule has 0 saturated carbocycles. The van der Waals surface area contributed by atoms with Gasteiger partial charge in [0, 0.05) is 42.9 Å². The zero-order valence-electron chi connectivity index (χ0n) is 27.9. The zero-order chi connectivity index (χ0) is 35.1. The van der Waals surface area contributed by atoms with Crippen molar-refractivity contribution in [3.05, 3.63) is 71.9 Å². The van der Waals surface area contributed by atoms with Crippen LogP contribution in [0.5, 0.6) is 0 Å². The number of nitrogens with two attached hydrogens (primary N) is 1. The highest BCUT2D eigenvalue weighted by Crippen LogP contribution is 2.23. The van der Waals surface area contributed by atoms with Gasteiger partial charge in [-0.1, -0.05) is 62.4 Å². The molecular weight excluding hydrogens is 626 g/mol. The second-order valence-corrected chi connectivity index (χ2v) is 13.3. The first-order valence-electron chi connectivity index (χ1n) is 16.9. The second kappa shape index (κ2) is 15.8. The van der Waals surface area contributed by atoms with Gasteiger partial charge in [0.15, 0.2) is 0 Å². The number of para-hydroxylation sites is 1. The number of nitrogens with zero attached hydrogens (tertiary/aromatic N) is 1. The molecule has 13 heteroatoms. The topological polar surface area (TPSA) is 196 Å². The number of rotatable bonds is 14. The van der Waals surface area contributed by atoms with Gasteiger partial charge >= 0.3 is 0 Å². The summed E-state index contributed by atoms with van der Waals surface area (Å²) in [5.41, 5.74) is 8.10. The van der Waals surface area contributed by atoms with E-state index in [0.717, 1.165) is 22.0 Å². The maximum absolute atomic E-state index is 14.1. The number of carbonyl (C=O) groups is 6. The Morgan fingerprint density at radius 2 is 1.59 bits per heavy atom. The van der Waals surface area contributed by atoms with Crippen LogP contribution in [0.25, 0.3) is 10.9 Å². The highest BCUT2D eigenvalue weighted by molar-refractivity contribution is 5.97. The molecule has 260 valence electrons. The Morgan fingerprint density at radius 1 is 0.878 bits per heavy atom. The average molecular weight is 672 g/mol. The molecule has 13 nitrogen and oxygen atoms in total. The first kappa shape index (κ1) is 35.1. The molecule has 2 aromatic carbocycles. The summed E-state index contributed by atoms with van der Waals surface area (Å²) in [6.45, 7) is 4.11. The van der Waals surface area contributed by atoms with Crippen molar-refractivity contribution in [2.24, 2.45) is 11.7 Å². The Bertz CT molecular complexity index is 1690. The minimum atomic E-state index is -1.08. The number of likely N-dealkylation sites (tertiary alicyclic amines) is 1. The summed E-state index contributed by atoms with van der Waals surface area (Å²) in [6, 6.07) is 12.2. The first-order valence-corrected chi connectivity index (χ1v) is 16.9. The van der Waals surface area contributed by atoms with E-state index in [9.17, 15) is 28.8 Å². The van der Waals surface area contributed by atoms with Crippen molar-refractivity contribution >= 4 is 46.3 Å². The van der Waals surface area contributed by atoms with E-state index in [2.05, 4.69) is 26.3 Å². The fraction of sp³-hybridized carbons (Fsp3) is 0.444. The second-order valence-electron chi connectivity index (χ2n) is 13.3. The molecule has 5 unspecified atom stereocenters. The molecule has 0 aliphatic carbocycles. The summed E-state index contributed by atoms with van der Waals surface area (Å²) in [5.74, 6) is -2.78. The maximum Gasteiger partial charge on any atom is 0.246 e. The number of primary amides is 1. The van der Waals surface area contributed by atoms with Crippen molar-refractivity contribution in [3.63, 3.8) is 0 Å². The number of carbonyl (C=O) groups excluding carboxylic acids is 6. The highest BCUT2D eigenvalue weighted by Gasteiger charge is 2.40. The average Bonchev–Trinajstić information content (AvgIpc) is 3.84. The minimum Gasteiger partial charge on any atom is -0.368 e. The van der Waals surface area contributed by atoms with Crippen molar-refractivity contribution in [2.45, 2.75) is 89.0 Å². The summed E-state index contributed by atoms with van der Waals surface area (Å²) in [4.78, 5) is 83.7. The number of nitrogens with one attached hydrogen (secondary N) is 5. The van der Waals surface area contributed by atoms with Gasteiger partial charge in [-0.3, -0.25) is 28.8 Å². The molecule has 6 amide bonds. The molecule has 2 fully saturated rings. The summed E-state index contributed by atoms with van der Waals surface area (Å²) >= 11 is 0. The lowest BCUT2D eigenvalue weighted by molar-refractivity contribution is -0.142. The lowest BCUT2D eigenvalue weighted by Gasteiger charge is -2.30. The van der Waals surface area contributed by atoms with Crippen LogP contribution in [0.15, 0.2) is 60.8 Å². The van der Waals surface area contributed by atoms with E-state index in [4.69, 9.17) is 5.73 Å². The molecule has 0 spiro atoms. The number of fused-ring (bicyclic) bond motifs is 1. The molecule has 5 rings (SSSR count). The standard InChI is InChI=1S/C36H45N7O6/c1-21(2)17-27(32(37)45)40-34(47)28(19-23-20-38-25-12-7-6-11-24(23)25)41-35(48)30-13-8-16-43(30)36(49)29(18-22-9-4-3-5-10-22)42-33(46)26-14-15-31(44)39-26/h3-7,9-12,20-21,26-30,38H,8,13-19H2,1-2H3,(H2,37,45)(H,39,44)(H,40,47)(H,41,48)(H,42,46).